The van der Waals surface area contributed by atoms with Crippen LogP contribution in [0.25, 0.3) is 44.9 Å². The smallest absolute Gasteiger partial charge is 0.156 e. The molecule has 0 saturated carbocycles. The molecule has 1 heterocycles. The number of hydrogen-bond acceptors (Lipinski definition) is 2. The zero-order valence-corrected chi connectivity index (χ0v) is 17.9. The fourth-order valence-electron chi connectivity index (χ4n) is 4.59. The Morgan fingerprint density at radius 3 is 2.38 bits per heavy atom. The van der Waals surface area contributed by atoms with Crippen molar-refractivity contribution < 1.29 is 0 Å². The van der Waals surface area contributed by atoms with E-state index in [4.69, 9.17) is 9.97 Å². The lowest BCUT2D eigenvalue weighted by molar-refractivity contribution is 1.13. The molecule has 0 unspecified atom stereocenters. The van der Waals surface area contributed by atoms with Gasteiger partial charge in [0.05, 0.1) is 11.2 Å². The number of para-hydroxylation sites is 1. The van der Waals surface area contributed by atoms with Crippen LogP contribution in [0.5, 0.6) is 0 Å². The second-order valence-corrected chi connectivity index (χ2v) is 8.37. The Bertz CT molecular complexity index is 1500. The van der Waals surface area contributed by atoms with Gasteiger partial charge in [0, 0.05) is 22.9 Å². The van der Waals surface area contributed by atoms with Gasteiger partial charge in [-0.2, -0.15) is 0 Å². The van der Waals surface area contributed by atoms with Crippen molar-refractivity contribution in [2.75, 3.05) is 0 Å². The average molecular weight is 411 g/mol. The molecule has 0 spiro atoms. The van der Waals surface area contributed by atoms with Crippen molar-refractivity contribution in [3.05, 3.63) is 120 Å². The van der Waals surface area contributed by atoms with E-state index < -0.39 is 0 Å². The summed E-state index contributed by atoms with van der Waals surface area (Å²) in [6.45, 7) is 2.15. The maximum atomic E-state index is 5.12. The van der Waals surface area contributed by atoms with Crippen LogP contribution in [-0.4, -0.2) is 9.97 Å². The summed E-state index contributed by atoms with van der Waals surface area (Å²) in [7, 11) is 0. The molecule has 4 aromatic carbocycles. The number of aryl methyl sites for hydroxylation is 1. The minimum atomic E-state index is 0.797. The molecular weight excluding hydrogens is 388 g/mol. The van der Waals surface area contributed by atoms with Crippen molar-refractivity contribution in [2.45, 2.75) is 13.3 Å². The highest BCUT2D eigenvalue weighted by Crippen LogP contribution is 2.37. The van der Waals surface area contributed by atoms with Crippen LogP contribution in [0.4, 0.5) is 0 Å². The highest BCUT2D eigenvalue weighted by molar-refractivity contribution is 5.96. The summed E-state index contributed by atoms with van der Waals surface area (Å²) in [5.41, 5.74) is 10.6. The molecule has 2 heteroatoms. The lowest BCUT2D eigenvalue weighted by Gasteiger charge is -2.12. The van der Waals surface area contributed by atoms with Crippen LogP contribution >= 0.6 is 0 Å². The number of fused-ring (bicyclic) bond motifs is 4. The molecule has 5 aromatic rings. The molecule has 0 amide bonds. The molecule has 152 valence electrons. The van der Waals surface area contributed by atoms with Crippen molar-refractivity contribution in [2.24, 2.45) is 0 Å². The summed E-state index contributed by atoms with van der Waals surface area (Å²) in [4.78, 5) is 10.1. The molecule has 0 atom stereocenters. The van der Waals surface area contributed by atoms with Gasteiger partial charge in [-0.05, 0) is 41.3 Å². The third-order valence-corrected chi connectivity index (χ3v) is 6.16. The minimum absolute atomic E-state index is 0.797. The predicted octanol–water partition coefficient (Wildman–Crippen LogP) is 7.37. The lowest BCUT2D eigenvalue weighted by atomic mass is 9.95. The molecule has 0 radical (unpaired) electrons. The van der Waals surface area contributed by atoms with Crippen LogP contribution in [-0.2, 0) is 6.42 Å². The zero-order valence-electron chi connectivity index (χ0n) is 17.9. The Labute approximate surface area is 187 Å². The number of hydrogen-bond donors (Lipinski definition) is 0. The van der Waals surface area contributed by atoms with Crippen LogP contribution in [0.3, 0.4) is 0 Å². The molecule has 0 bridgehead atoms. The largest absolute Gasteiger partial charge is 0.228 e. The van der Waals surface area contributed by atoms with E-state index in [0.717, 1.165) is 40.0 Å². The third kappa shape index (κ3) is 3.21. The first-order valence-electron chi connectivity index (χ1n) is 11.0. The quantitative estimate of drug-likeness (QED) is 0.304. The molecule has 0 N–H and O–H groups in total. The van der Waals surface area contributed by atoms with Gasteiger partial charge in [-0.25, -0.2) is 9.97 Å². The zero-order chi connectivity index (χ0) is 21.5. The third-order valence-electron chi connectivity index (χ3n) is 6.16. The van der Waals surface area contributed by atoms with Gasteiger partial charge >= 0.3 is 0 Å². The van der Waals surface area contributed by atoms with Gasteiger partial charge in [-0.1, -0.05) is 96.6 Å². The maximum absolute atomic E-state index is 5.12. The number of aromatic nitrogens is 2. The molecule has 0 aliphatic heterocycles. The summed E-state index contributed by atoms with van der Waals surface area (Å²) >= 11 is 0. The Morgan fingerprint density at radius 2 is 1.47 bits per heavy atom. The van der Waals surface area contributed by atoms with E-state index in [0.29, 0.717) is 0 Å². The fraction of sp³-hybridized carbons (Fsp3) is 0.0667. The van der Waals surface area contributed by atoms with Crippen molar-refractivity contribution in [3.8, 4) is 22.4 Å². The van der Waals surface area contributed by atoms with Crippen LogP contribution in [0.1, 0.15) is 22.5 Å². The SMILES string of the molecule is Cc1ccc2c(c1)-c1ccccc1CC(c1nc(-c3ccccc3)c3ccccc3n1)=C2. The van der Waals surface area contributed by atoms with Gasteiger partial charge in [0.25, 0.3) is 0 Å². The first kappa shape index (κ1) is 18.7. The molecule has 1 aliphatic carbocycles. The van der Waals surface area contributed by atoms with E-state index >= 15 is 0 Å². The Morgan fingerprint density at radius 1 is 0.688 bits per heavy atom. The van der Waals surface area contributed by atoms with Crippen molar-refractivity contribution in [1.29, 1.82) is 0 Å². The number of rotatable bonds is 2. The molecule has 6 rings (SSSR count). The van der Waals surface area contributed by atoms with Gasteiger partial charge in [-0.15, -0.1) is 0 Å². The lowest BCUT2D eigenvalue weighted by Crippen LogP contribution is -2.00. The Balaban J connectivity index is 1.60. The Hall–Kier alpha value is -4.04. The summed E-state index contributed by atoms with van der Waals surface area (Å²) in [5, 5.41) is 1.08. The predicted molar refractivity (Wildman–Crippen MR) is 133 cm³/mol. The first-order chi connectivity index (χ1) is 15.8. The summed E-state index contributed by atoms with van der Waals surface area (Å²) < 4.78 is 0. The van der Waals surface area contributed by atoms with Gasteiger partial charge < -0.3 is 0 Å². The molecule has 1 aromatic heterocycles. The highest BCUT2D eigenvalue weighted by Gasteiger charge is 2.19. The van der Waals surface area contributed by atoms with Gasteiger partial charge in [0.15, 0.2) is 5.82 Å². The average Bonchev–Trinajstić information content (AvgIpc) is 3.01. The van der Waals surface area contributed by atoms with Crippen LogP contribution in [0.15, 0.2) is 97.1 Å². The first-order valence-corrected chi connectivity index (χ1v) is 11.0. The normalized spacial score (nSPS) is 12.6. The van der Waals surface area contributed by atoms with Gasteiger partial charge in [-0.3, -0.25) is 0 Å². The molecular formula is C30H22N2. The maximum Gasteiger partial charge on any atom is 0.156 e. The van der Waals surface area contributed by atoms with Crippen molar-refractivity contribution >= 4 is 22.6 Å². The van der Waals surface area contributed by atoms with E-state index in [1.165, 1.54) is 27.8 Å². The highest BCUT2D eigenvalue weighted by atomic mass is 14.9. The standard InChI is InChI=1S/C30H22N2/c1-20-15-16-23-19-24(18-22-11-5-6-12-25(22)27(23)17-20)30-31-28-14-8-7-13-26(28)29(32-30)21-9-3-2-4-10-21/h2-17,19H,18H2,1H3. The fourth-order valence-corrected chi connectivity index (χ4v) is 4.59. The second kappa shape index (κ2) is 7.58. The molecule has 0 fully saturated rings. The van der Waals surface area contributed by atoms with Gasteiger partial charge in [0.2, 0.25) is 0 Å². The van der Waals surface area contributed by atoms with Gasteiger partial charge in [0.1, 0.15) is 0 Å². The van der Waals surface area contributed by atoms with E-state index in [1.54, 1.807) is 0 Å². The summed E-state index contributed by atoms with van der Waals surface area (Å²) in [6, 6.07) is 34.0. The molecule has 2 nitrogen and oxygen atoms in total. The van der Waals surface area contributed by atoms with E-state index in [2.05, 4.69) is 97.9 Å². The van der Waals surface area contributed by atoms with E-state index in [-0.39, 0.29) is 0 Å². The summed E-state index contributed by atoms with van der Waals surface area (Å²) in [6.07, 6.45) is 3.07. The number of benzene rings is 4. The number of allylic oxidation sites excluding steroid dienone is 1. The molecule has 32 heavy (non-hydrogen) atoms. The molecule has 1 aliphatic rings. The van der Waals surface area contributed by atoms with Crippen molar-refractivity contribution in [3.63, 3.8) is 0 Å². The van der Waals surface area contributed by atoms with Crippen LogP contribution in [0.2, 0.25) is 0 Å². The summed E-state index contributed by atoms with van der Waals surface area (Å²) in [5.74, 6) is 0.797. The topological polar surface area (TPSA) is 25.8 Å². The molecule has 0 saturated heterocycles. The van der Waals surface area contributed by atoms with Crippen molar-refractivity contribution in [1.82, 2.24) is 9.97 Å². The minimum Gasteiger partial charge on any atom is -0.228 e. The monoisotopic (exact) mass is 410 g/mol. The van der Waals surface area contributed by atoms with E-state index in [1.807, 2.05) is 12.1 Å². The van der Waals surface area contributed by atoms with Crippen LogP contribution < -0.4 is 0 Å². The number of nitrogens with zero attached hydrogens (tertiary/aromatic N) is 2. The Kier molecular flexibility index (Phi) is 4.43. The van der Waals surface area contributed by atoms with E-state index in [9.17, 15) is 0 Å². The second-order valence-electron chi connectivity index (χ2n) is 8.37. The van der Waals surface area contributed by atoms with Crippen LogP contribution in [0, 0.1) is 6.92 Å².